The zero-order valence-electron chi connectivity index (χ0n) is 15.3. The summed E-state index contributed by atoms with van der Waals surface area (Å²) >= 11 is 0. The van der Waals surface area contributed by atoms with Gasteiger partial charge < -0.3 is 9.64 Å². The lowest BCUT2D eigenvalue weighted by atomic mass is 9.94. The van der Waals surface area contributed by atoms with Crippen LogP contribution in [0.5, 0.6) is 5.75 Å². The van der Waals surface area contributed by atoms with Gasteiger partial charge in [-0.05, 0) is 44.0 Å². The Kier molecular flexibility index (Phi) is 6.84. The van der Waals surface area contributed by atoms with Crippen LogP contribution < -0.4 is 4.74 Å². The molecule has 1 aromatic carbocycles. The van der Waals surface area contributed by atoms with Gasteiger partial charge in [-0.3, -0.25) is 4.79 Å². The lowest BCUT2D eigenvalue weighted by Gasteiger charge is -2.34. The molecular formula is C18H28N2O4S. The number of methoxy groups -OCH3 is 1. The fourth-order valence-corrected chi connectivity index (χ4v) is 4.45. The van der Waals surface area contributed by atoms with Crippen molar-refractivity contribution in [3.63, 3.8) is 0 Å². The standard InChI is InChI=1S/C18H28N2O4S/c1-4-20(15-8-6-5-7-9-15)18(21)14-19(2)25(22,23)17-12-10-16(24-3)11-13-17/h10-13,15H,4-9,14H2,1-3H3. The van der Waals surface area contributed by atoms with E-state index in [0.29, 0.717) is 12.3 Å². The number of likely N-dealkylation sites (N-methyl/N-ethyl adjacent to an activating group) is 2. The number of benzene rings is 1. The van der Waals surface area contributed by atoms with E-state index in [4.69, 9.17) is 4.74 Å². The summed E-state index contributed by atoms with van der Waals surface area (Å²) in [5.41, 5.74) is 0. The summed E-state index contributed by atoms with van der Waals surface area (Å²) in [5, 5.41) is 0. The molecule has 0 N–H and O–H groups in total. The van der Waals surface area contributed by atoms with Crippen LogP contribution in [-0.2, 0) is 14.8 Å². The number of sulfonamides is 1. The lowest BCUT2D eigenvalue weighted by Crippen LogP contribution is -2.46. The van der Waals surface area contributed by atoms with Gasteiger partial charge in [-0.25, -0.2) is 8.42 Å². The Morgan fingerprint density at radius 2 is 1.76 bits per heavy atom. The Balaban J connectivity index is 2.07. The van der Waals surface area contributed by atoms with Crippen molar-refractivity contribution >= 4 is 15.9 Å². The minimum atomic E-state index is -3.70. The second kappa shape index (κ2) is 8.67. The van der Waals surface area contributed by atoms with Crippen molar-refractivity contribution < 1.29 is 17.9 Å². The van der Waals surface area contributed by atoms with E-state index >= 15 is 0 Å². The normalized spacial score (nSPS) is 16.0. The molecule has 0 spiro atoms. The predicted octanol–water partition coefficient (Wildman–Crippen LogP) is 2.50. The largest absolute Gasteiger partial charge is 0.497 e. The Bertz CT molecular complexity index is 667. The molecule has 0 radical (unpaired) electrons. The maximum atomic E-state index is 12.7. The number of ether oxygens (including phenoxy) is 1. The van der Waals surface area contributed by atoms with Gasteiger partial charge in [-0.1, -0.05) is 19.3 Å². The van der Waals surface area contributed by atoms with E-state index < -0.39 is 10.0 Å². The predicted molar refractivity (Wildman–Crippen MR) is 97.1 cm³/mol. The van der Waals surface area contributed by atoms with E-state index in [1.807, 2.05) is 11.8 Å². The third kappa shape index (κ3) is 4.73. The molecule has 0 aromatic heterocycles. The van der Waals surface area contributed by atoms with Crippen LogP contribution in [0.2, 0.25) is 0 Å². The van der Waals surface area contributed by atoms with Crippen LogP contribution in [0.15, 0.2) is 29.2 Å². The minimum Gasteiger partial charge on any atom is -0.497 e. The summed E-state index contributed by atoms with van der Waals surface area (Å²) in [6.45, 7) is 2.42. The molecule has 0 saturated heterocycles. The van der Waals surface area contributed by atoms with Crippen LogP contribution >= 0.6 is 0 Å². The Morgan fingerprint density at radius 3 is 2.28 bits per heavy atom. The molecule has 25 heavy (non-hydrogen) atoms. The second-order valence-corrected chi connectivity index (χ2v) is 8.45. The van der Waals surface area contributed by atoms with Crippen molar-refractivity contribution in [3.8, 4) is 5.75 Å². The molecular weight excluding hydrogens is 340 g/mol. The van der Waals surface area contributed by atoms with Crippen molar-refractivity contribution in [1.29, 1.82) is 0 Å². The van der Waals surface area contributed by atoms with Gasteiger partial charge in [0.05, 0.1) is 18.6 Å². The first-order valence-electron chi connectivity index (χ1n) is 8.80. The molecule has 7 heteroatoms. The van der Waals surface area contributed by atoms with Crippen LogP contribution in [0, 0.1) is 0 Å². The highest BCUT2D eigenvalue weighted by Crippen LogP contribution is 2.23. The SMILES string of the molecule is CCN(C(=O)CN(C)S(=O)(=O)c1ccc(OC)cc1)C1CCCCC1. The first kappa shape index (κ1) is 19.7. The van der Waals surface area contributed by atoms with Crippen molar-refractivity contribution in [2.24, 2.45) is 0 Å². The number of hydrogen-bond acceptors (Lipinski definition) is 4. The molecule has 6 nitrogen and oxygen atoms in total. The molecule has 1 aromatic rings. The summed E-state index contributed by atoms with van der Waals surface area (Å²) in [6.07, 6.45) is 5.50. The molecule has 1 saturated carbocycles. The number of carbonyl (C=O) groups is 1. The molecule has 0 bridgehead atoms. The van der Waals surface area contributed by atoms with Crippen LogP contribution in [0.25, 0.3) is 0 Å². The quantitative estimate of drug-likeness (QED) is 0.742. The summed E-state index contributed by atoms with van der Waals surface area (Å²) in [5.74, 6) is 0.459. The van der Waals surface area contributed by atoms with E-state index in [2.05, 4.69) is 0 Å². The monoisotopic (exact) mass is 368 g/mol. The summed E-state index contributed by atoms with van der Waals surface area (Å²) in [4.78, 5) is 14.7. The molecule has 1 amide bonds. The fraction of sp³-hybridized carbons (Fsp3) is 0.611. The van der Waals surface area contributed by atoms with Crippen LogP contribution in [0.1, 0.15) is 39.0 Å². The Morgan fingerprint density at radius 1 is 1.16 bits per heavy atom. The van der Waals surface area contributed by atoms with Crippen LogP contribution in [0.4, 0.5) is 0 Å². The van der Waals surface area contributed by atoms with Crippen molar-refractivity contribution in [2.75, 3.05) is 27.2 Å². The maximum absolute atomic E-state index is 12.7. The van der Waals surface area contributed by atoms with E-state index in [1.165, 1.54) is 32.7 Å². The molecule has 0 aliphatic heterocycles. The lowest BCUT2D eigenvalue weighted by molar-refractivity contribution is -0.133. The van der Waals surface area contributed by atoms with Gasteiger partial charge in [-0.15, -0.1) is 0 Å². The average Bonchev–Trinajstić information content (AvgIpc) is 2.63. The Hall–Kier alpha value is -1.60. The summed E-state index contributed by atoms with van der Waals surface area (Å²) in [6, 6.07) is 6.43. The van der Waals surface area contributed by atoms with E-state index in [0.717, 1.165) is 30.0 Å². The van der Waals surface area contributed by atoms with Gasteiger partial charge in [-0.2, -0.15) is 4.31 Å². The molecule has 0 unspecified atom stereocenters. The third-order valence-electron chi connectivity index (χ3n) is 4.80. The van der Waals surface area contributed by atoms with Crippen molar-refractivity contribution in [1.82, 2.24) is 9.21 Å². The second-order valence-electron chi connectivity index (χ2n) is 6.41. The smallest absolute Gasteiger partial charge is 0.243 e. The van der Waals surface area contributed by atoms with Gasteiger partial charge in [0.15, 0.2) is 0 Å². The van der Waals surface area contributed by atoms with Crippen LogP contribution in [0.3, 0.4) is 0 Å². The van der Waals surface area contributed by atoms with Crippen LogP contribution in [-0.4, -0.2) is 56.8 Å². The zero-order chi connectivity index (χ0) is 18.4. The highest BCUT2D eigenvalue weighted by molar-refractivity contribution is 7.89. The molecule has 2 rings (SSSR count). The number of hydrogen-bond donors (Lipinski definition) is 0. The first-order valence-corrected chi connectivity index (χ1v) is 10.2. The van der Waals surface area contributed by atoms with E-state index in [1.54, 1.807) is 12.1 Å². The number of nitrogens with zero attached hydrogens (tertiary/aromatic N) is 2. The number of amides is 1. The molecule has 1 aliphatic carbocycles. The Labute approximate surface area is 150 Å². The summed E-state index contributed by atoms with van der Waals surface area (Å²) in [7, 11) is -0.724. The minimum absolute atomic E-state index is 0.131. The average molecular weight is 368 g/mol. The first-order chi connectivity index (χ1) is 11.9. The van der Waals surface area contributed by atoms with Gasteiger partial charge in [0.1, 0.15) is 5.75 Å². The molecule has 140 valence electrons. The fourth-order valence-electron chi connectivity index (χ4n) is 3.32. The van der Waals surface area contributed by atoms with E-state index in [-0.39, 0.29) is 23.4 Å². The van der Waals surface area contributed by atoms with Gasteiger partial charge >= 0.3 is 0 Å². The zero-order valence-corrected chi connectivity index (χ0v) is 16.1. The topological polar surface area (TPSA) is 66.9 Å². The number of rotatable bonds is 7. The third-order valence-corrected chi connectivity index (χ3v) is 6.62. The van der Waals surface area contributed by atoms with Crippen molar-refractivity contribution in [3.05, 3.63) is 24.3 Å². The molecule has 1 fully saturated rings. The molecule has 1 aliphatic rings. The molecule has 0 atom stereocenters. The van der Waals surface area contributed by atoms with Gasteiger partial charge in [0, 0.05) is 19.6 Å². The van der Waals surface area contributed by atoms with Gasteiger partial charge in [0.25, 0.3) is 0 Å². The molecule has 0 heterocycles. The number of carbonyl (C=O) groups excluding carboxylic acids is 1. The van der Waals surface area contributed by atoms with E-state index in [9.17, 15) is 13.2 Å². The highest BCUT2D eigenvalue weighted by atomic mass is 32.2. The van der Waals surface area contributed by atoms with Crippen molar-refractivity contribution in [2.45, 2.75) is 50.0 Å². The highest BCUT2D eigenvalue weighted by Gasteiger charge is 2.28. The summed E-state index contributed by atoms with van der Waals surface area (Å²) < 4.78 is 31.5. The maximum Gasteiger partial charge on any atom is 0.243 e. The van der Waals surface area contributed by atoms with Gasteiger partial charge in [0.2, 0.25) is 15.9 Å².